The topological polar surface area (TPSA) is 72.7 Å². The van der Waals surface area contributed by atoms with Gasteiger partial charge in [0.05, 0.1) is 18.4 Å². The Bertz CT molecular complexity index is 968. The van der Waals surface area contributed by atoms with Crippen molar-refractivity contribution in [2.75, 3.05) is 25.0 Å². The van der Waals surface area contributed by atoms with Crippen LogP contribution in [0.15, 0.2) is 36.5 Å². The number of nitrogens with zero attached hydrogens (tertiary/aromatic N) is 3. The van der Waals surface area contributed by atoms with Crippen molar-refractivity contribution < 1.29 is 9.47 Å². The minimum Gasteiger partial charge on any atom is -0.494 e. The Kier molecular flexibility index (Phi) is 6.38. The van der Waals surface area contributed by atoms with Crippen molar-refractivity contribution in [1.82, 2.24) is 19.9 Å². The molecule has 4 rings (SSSR count). The number of anilines is 2. The summed E-state index contributed by atoms with van der Waals surface area (Å²) in [6, 6.07) is 9.83. The van der Waals surface area contributed by atoms with E-state index in [1.54, 1.807) is 6.20 Å². The molecule has 0 saturated carbocycles. The third-order valence-corrected chi connectivity index (χ3v) is 5.64. The second-order valence-electron chi connectivity index (χ2n) is 7.77. The first-order chi connectivity index (χ1) is 14.7. The first-order valence-electron chi connectivity index (χ1n) is 10.9. The number of aromatic nitrogens is 3. The Hall–Kier alpha value is -2.80. The molecule has 30 heavy (non-hydrogen) atoms. The van der Waals surface area contributed by atoms with Gasteiger partial charge in [-0.1, -0.05) is 13.3 Å². The SMILES string of the molecule is CCC[C@H]1CCNC[C@@H]1Oc1nc2ccnn2c(Nc2ccc(OCC)cc2)c1C. The molecule has 1 aliphatic heterocycles. The number of ether oxygens (including phenoxy) is 2. The number of fused-ring (bicyclic) bond motifs is 1. The normalized spacial score (nSPS) is 19.0. The van der Waals surface area contributed by atoms with Gasteiger partial charge in [0.1, 0.15) is 17.7 Å². The molecule has 0 radical (unpaired) electrons. The smallest absolute Gasteiger partial charge is 0.222 e. The van der Waals surface area contributed by atoms with E-state index < -0.39 is 0 Å². The molecule has 7 nitrogen and oxygen atoms in total. The second kappa shape index (κ2) is 9.34. The van der Waals surface area contributed by atoms with Crippen LogP contribution in [0.2, 0.25) is 0 Å². The maximum Gasteiger partial charge on any atom is 0.222 e. The van der Waals surface area contributed by atoms with Crippen molar-refractivity contribution in [3.8, 4) is 11.6 Å². The molecule has 3 heterocycles. The van der Waals surface area contributed by atoms with E-state index in [1.165, 1.54) is 12.8 Å². The van der Waals surface area contributed by atoms with Gasteiger partial charge < -0.3 is 20.1 Å². The second-order valence-corrected chi connectivity index (χ2v) is 7.77. The molecule has 1 fully saturated rings. The number of hydrogen-bond acceptors (Lipinski definition) is 6. The van der Waals surface area contributed by atoms with Gasteiger partial charge in [-0.15, -0.1) is 0 Å². The molecule has 2 aromatic heterocycles. The number of hydrogen-bond donors (Lipinski definition) is 2. The van der Waals surface area contributed by atoms with E-state index in [1.807, 2.05) is 48.7 Å². The van der Waals surface area contributed by atoms with E-state index in [4.69, 9.17) is 14.5 Å². The largest absolute Gasteiger partial charge is 0.494 e. The Morgan fingerprint density at radius 3 is 2.80 bits per heavy atom. The molecule has 2 N–H and O–H groups in total. The lowest BCUT2D eigenvalue weighted by Gasteiger charge is -2.32. The van der Waals surface area contributed by atoms with E-state index in [0.29, 0.717) is 18.4 Å². The number of benzene rings is 1. The summed E-state index contributed by atoms with van der Waals surface area (Å²) >= 11 is 0. The molecule has 3 aromatic rings. The fourth-order valence-electron chi connectivity index (χ4n) is 4.07. The lowest BCUT2D eigenvalue weighted by Crippen LogP contribution is -2.44. The molecule has 1 aliphatic rings. The third-order valence-electron chi connectivity index (χ3n) is 5.64. The minimum absolute atomic E-state index is 0.133. The van der Waals surface area contributed by atoms with E-state index >= 15 is 0 Å². The zero-order chi connectivity index (χ0) is 20.9. The zero-order valence-corrected chi connectivity index (χ0v) is 18.0. The Labute approximate surface area is 177 Å². The maximum atomic E-state index is 6.48. The van der Waals surface area contributed by atoms with Crippen LogP contribution in [-0.2, 0) is 0 Å². The van der Waals surface area contributed by atoms with Gasteiger partial charge in [-0.2, -0.15) is 14.6 Å². The molecule has 0 amide bonds. The maximum absolute atomic E-state index is 6.48. The fourth-order valence-corrected chi connectivity index (χ4v) is 4.07. The van der Waals surface area contributed by atoms with Crippen molar-refractivity contribution in [1.29, 1.82) is 0 Å². The van der Waals surface area contributed by atoms with Crippen LogP contribution in [0.5, 0.6) is 11.6 Å². The first-order valence-corrected chi connectivity index (χ1v) is 10.9. The van der Waals surface area contributed by atoms with Gasteiger partial charge >= 0.3 is 0 Å². The highest BCUT2D eigenvalue weighted by molar-refractivity contribution is 5.65. The molecular weight excluding hydrogens is 378 g/mol. The lowest BCUT2D eigenvalue weighted by molar-refractivity contribution is 0.0938. The molecule has 7 heteroatoms. The first kappa shape index (κ1) is 20.5. The zero-order valence-electron chi connectivity index (χ0n) is 18.0. The molecule has 160 valence electrons. The van der Waals surface area contributed by atoms with Gasteiger partial charge in [0.25, 0.3) is 0 Å². The number of nitrogens with one attached hydrogen (secondary N) is 2. The van der Waals surface area contributed by atoms with Crippen molar-refractivity contribution in [3.63, 3.8) is 0 Å². The van der Waals surface area contributed by atoms with Gasteiger partial charge in [0.15, 0.2) is 5.65 Å². The Balaban J connectivity index is 1.63. The van der Waals surface area contributed by atoms with Gasteiger partial charge in [-0.3, -0.25) is 0 Å². The summed E-state index contributed by atoms with van der Waals surface area (Å²) in [5, 5.41) is 11.4. The molecule has 0 spiro atoms. The predicted molar refractivity (Wildman–Crippen MR) is 119 cm³/mol. The van der Waals surface area contributed by atoms with Gasteiger partial charge in [0, 0.05) is 18.3 Å². The van der Waals surface area contributed by atoms with Crippen LogP contribution in [0.1, 0.15) is 38.7 Å². The highest BCUT2D eigenvalue weighted by Crippen LogP contribution is 2.31. The lowest BCUT2D eigenvalue weighted by atomic mass is 9.91. The summed E-state index contributed by atoms with van der Waals surface area (Å²) in [7, 11) is 0. The van der Waals surface area contributed by atoms with Crippen LogP contribution in [0, 0.1) is 12.8 Å². The summed E-state index contributed by atoms with van der Waals surface area (Å²) in [6.45, 7) is 8.82. The molecule has 2 atom stereocenters. The summed E-state index contributed by atoms with van der Waals surface area (Å²) in [5.74, 6) is 2.95. The minimum atomic E-state index is 0.133. The molecular formula is C23H31N5O2. The molecule has 0 aliphatic carbocycles. The van der Waals surface area contributed by atoms with E-state index in [0.717, 1.165) is 48.0 Å². The molecule has 1 saturated heterocycles. The van der Waals surface area contributed by atoms with Crippen molar-refractivity contribution in [3.05, 3.63) is 42.1 Å². The highest BCUT2D eigenvalue weighted by Gasteiger charge is 2.27. The van der Waals surface area contributed by atoms with Crippen LogP contribution in [0.4, 0.5) is 11.5 Å². The molecule has 0 bridgehead atoms. The summed E-state index contributed by atoms with van der Waals surface area (Å²) in [4.78, 5) is 4.75. The van der Waals surface area contributed by atoms with Gasteiger partial charge in [-0.05, 0) is 63.4 Å². The van der Waals surface area contributed by atoms with E-state index in [9.17, 15) is 0 Å². The van der Waals surface area contributed by atoms with Crippen LogP contribution in [0.25, 0.3) is 5.65 Å². The number of rotatable bonds is 8. The van der Waals surface area contributed by atoms with Crippen molar-refractivity contribution >= 4 is 17.2 Å². The van der Waals surface area contributed by atoms with E-state index in [2.05, 4.69) is 22.7 Å². The summed E-state index contributed by atoms with van der Waals surface area (Å²) < 4.78 is 13.8. The van der Waals surface area contributed by atoms with Crippen LogP contribution in [-0.4, -0.2) is 40.4 Å². The van der Waals surface area contributed by atoms with Crippen molar-refractivity contribution in [2.45, 2.75) is 46.1 Å². The van der Waals surface area contributed by atoms with Gasteiger partial charge in [0.2, 0.25) is 5.88 Å². The van der Waals surface area contributed by atoms with Crippen LogP contribution < -0.4 is 20.1 Å². The number of piperidine rings is 1. The van der Waals surface area contributed by atoms with Crippen LogP contribution >= 0.6 is 0 Å². The summed E-state index contributed by atoms with van der Waals surface area (Å²) in [5.41, 5.74) is 2.67. The highest BCUT2D eigenvalue weighted by atomic mass is 16.5. The predicted octanol–water partition coefficient (Wildman–Crippen LogP) is 4.34. The van der Waals surface area contributed by atoms with E-state index in [-0.39, 0.29) is 6.10 Å². The Morgan fingerprint density at radius 1 is 1.20 bits per heavy atom. The van der Waals surface area contributed by atoms with Crippen molar-refractivity contribution in [2.24, 2.45) is 5.92 Å². The van der Waals surface area contributed by atoms with Gasteiger partial charge in [-0.25, -0.2) is 0 Å². The third kappa shape index (κ3) is 4.36. The average Bonchev–Trinajstić information content (AvgIpc) is 3.22. The quantitative estimate of drug-likeness (QED) is 0.577. The monoisotopic (exact) mass is 409 g/mol. The fraction of sp³-hybridized carbons (Fsp3) is 0.478. The molecule has 1 aromatic carbocycles. The Morgan fingerprint density at radius 2 is 2.03 bits per heavy atom. The standard InChI is InChI=1S/C23H31N5O2/c1-4-6-17-11-13-24-15-20(17)30-23-16(3)22(28-21(27-23)12-14-25-28)26-18-7-9-19(10-8-18)29-5-2/h7-10,12,14,17,20,24,26H,4-6,11,13,15H2,1-3H3/t17-,20-/m0/s1. The molecule has 0 unspecified atom stereocenters. The van der Waals surface area contributed by atoms with Crippen LogP contribution in [0.3, 0.4) is 0 Å². The average molecular weight is 410 g/mol. The summed E-state index contributed by atoms with van der Waals surface area (Å²) in [6.07, 6.45) is 5.38.